The molecule has 5 fully saturated rings. The monoisotopic (exact) mass is 495 g/mol. The van der Waals surface area contributed by atoms with Gasteiger partial charge in [0.15, 0.2) is 0 Å². The Morgan fingerprint density at radius 3 is 2.34 bits per heavy atom. The molecule has 6 rings (SSSR count). The van der Waals surface area contributed by atoms with Crippen molar-refractivity contribution < 1.29 is 0 Å². The number of benzene rings is 1. The summed E-state index contributed by atoms with van der Waals surface area (Å²) in [6.45, 7) is 13.8. The van der Waals surface area contributed by atoms with Gasteiger partial charge in [-0.25, -0.2) is 0 Å². The van der Waals surface area contributed by atoms with E-state index in [9.17, 15) is 0 Å². The third kappa shape index (κ3) is 4.20. The van der Waals surface area contributed by atoms with Crippen LogP contribution in [-0.2, 0) is 5.41 Å². The summed E-state index contributed by atoms with van der Waals surface area (Å²) >= 11 is 6.51. The Morgan fingerprint density at radius 2 is 1.74 bits per heavy atom. The van der Waals surface area contributed by atoms with Crippen molar-refractivity contribution in [2.24, 2.45) is 33.8 Å². The summed E-state index contributed by atoms with van der Waals surface area (Å²) in [5.41, 5.74) is 9.19. The zero-order chi connectivity index (χ0) is 24.9. The van der Waals surface area contributed by atoms with Crippen LogP contribution in [0.2, 0.25) is 0 Å². The van der Waals surface area contributed by atoms with Crippen LogP contribution in [0.5, 0.6) is 0 Å². The van der Waals surface area contributed by atoms with E-state index in [1.807, 2.05) is 0 Å². The van der Waals surface area contributed by atoms with Gasteiger partial charge in [0.25, 0.3) is 0 Å². The molecular weight excluding hydrogens is 446 g/mol. The summed E-state index contributed by atoms with van der Waals surface area (Å²) in [6, 6.07) is 11.8. The van der Waals surface area contributed by atoms with Gasteiger partial charge in [0.1, 0.15) is 0 Å². The van der Waals surface area contributed by atoms with Crippen molar-refractivity contribution in [2.45, 2.75) is 96.9 Å². The van der Waals surface area contributed by atoms with Crippen LogP contribution in [0.15, 0.2) is 30.3 Å². The van der Waals surface area contributed by atoms with Crippen molar-refractivity contribution >= 4 is 17.2 Å². The SMILES string of the molecule is CCCNCCC1(CC)C2CC3(C(=S)N4CC[C@H](N)C(C)(C)C4)CC1CC(c1ccccc1)(C2)C3. The normalized spacial score (nSPS) is 39.7. The third-order valence-corrected chi connectivity index (χ3v) is 11.8. The van der Waals surface area contributed by atoms with Gasteiger partial charge in [0.2, 0.25) is 0 Å². The van der Waals surface area contributed by atoms with E-state index in [1.165, 1.54) is 62.9 Å². The highest BCUT2D eigenvalue weighted by molar-refractivity contribution is 7.80. The van der Waals surface area contributed by atoms with Gasteiger partial charge in [0.05, 0.1) is 4.99 Å². The molecule has 1 aliphatic heterocycles. The van der Waals surface area contributed by atoms with Crippen LogP contribution in [0.25, 0.3) is 0 Å². The maximum atomic E-state index is 6.52. The summed E-state index contributed by atoms with van der Waals surface area (Å²) in [6.07, 6.45) is 11.5. The molecular formula is C31H49N3S. The molecule has 0 radical (unpaired) electrons. The topological polar surface area (TPSA) is 41.3 Å². The number of likely N-dealkylation sites (tertiary alicyclic amines) is 1. The van der Waals surface area contributed by atoms with Gasteiger partial charge in [-0.05, 0) is 105 Å². The van der Waals surface area contributed by atoms with Crippen LogP contribution in [0, 0.1) is 28.1 Å². The maximum absolute atomic E-state index is 6.52. The summed E-state index contributed by atoms with van der Waals surface area (Å²) < 4.78 is 0. The van der Waals surface area contributed by atoms with E-state index in [1.54, 1.807) is 5.56 Å². The van der Waals surface area contributed by atoms with E-state index in [0.717, 1.165) is 37.9 Å². The molecule has 0 spiro atoms. The van der Waals surface area contributed by atoms with Crippen molar-refractivity contribution in [2.75, 3.05) is 26.2 Å². The van der Waals surface area contributed by atoms with E-state index in [0.29, 0.717) is 10.8 Å². The lowest BCUT2D eigenvalue weighted by atomic mass is 9.35. The van der Waals surface area contributed by atoms with Crippen LogP contribution >= 0.6 is 12.2 Å². The third-order valence-electron chi connectivity index (χ3n) is 11.1. The minimum atomic E-state index is 0.125. The Bertz CT molecular complexity index is 893. The molecule has 0 aromatic heterocycles. The van der Waals surface area contributed by atoms with E-state index >= 15 is 0 Å². The molecule has 5 aliphatic rings. The largest absolute Gasteiger partial charge is 0.365 e. The highest BCUT2D eigenvalue weighted by atomic mass is 32.1. The van der Waals surface area contributed by atoms with Gasteiger partial charge in [-0.2, -0.15) is 0 Å². The molecule has 4 aliphatic carbocycles. The lowest BCUT2D eigenvalue weighted by Gasteiger charge is -2.70. The molecule has 3 N–H and O–H groups in total. The average Bonchev–Trinajstić information content (AvgIpc) is 2.85. The number of piperidine rings is 1. The van der Waals surface area contributed by atoms with E-state index < -0.39 is 0 Å². The van der Waals surface area contributed by atoms with Gasteiger partial charge >= 0.3 is 0 Å². The Labute approximate surface area is 220 Å². The lowest BCUT2D eigenvalue weighted by molar-refractivity contribution is -0.149. The first-order valence-corrected chi connectivity index (χ1v) is 14.9. The summed E-state index contributed by atoms with van der Waals surface area (Å²) in [5.74, 6) is 1.55. The molecule has 4 bridgehead atoms. The van der Waals surface area contributed by atoms with Crippen molar-refractivity contribution in [3.63, 3.8) is 0 Å². The van der Waals surface area contributed by atoms with Gasteiger partial charge in [-0.3, -0.25) is 0 Å². The summed E-state index contributed by atoms with van der Waals surface area (Å²) in [5, 5.41) is 3.75. The lowest BCUT2D eigenvalue weighted by Crippen LogP contribution is -2.66. The number of nitrogens with two attached hydrogens (primary N) is 1. The quantitative estimate of drug-likeness (QED) is 0.328. The number of nitrogens with zero attached hydrogens (tertiary/aromatic N) is 1. The molecule has 3 nitrogen and oxygen atoms in total. The van der Waals surface area contributed by atoms with Crippen LogP contribution in [0.3, 0.4) is 0 Å². The second-order valence-electron chi connectivity index (χ2n) is 13.5. The molecule has 1 heterocycles. The molecule has 4 heteroatoms. The first-order chi connectivity index (χ1) is 16.7. The van der Waals surface area contributed by atoms with Crippen molar-refractivity contribution in [3.8, 4) is 0 Å². The second kappa shape index (κ2) is 9.40. The van der Waals surface area contributed by atoms with E-state index in [4.69, 9.17) is 18.0 Å². The zero-order valence-corrected chi connectivity index (χ0v) is 23.6. The fraction of sp³-hybridized carbons (Fsp3) is 0.774. The Hall–Kier alpha value is -0.970. The molecule has 1 aromatic carbocycles. The minimum absolute atomic E-state index is 0.125. The molecule has 2 unspecified atom stereocenters. The van der Waals surface area contributed by atoms with Gasteiger partial charge in [0, 0.05) is 24.5 Å². The standard InChI is InChI=1S/C31H49N3S/c1-5-14-33-15-13-31(6-2)24-17-29(23-10-8-7-9-11-23)18-25(31)20-30(19-24,21-29)27(35)34-16-12-26(32)28(3,4)22-34/h7-11,24-26,33H,5-6,12-22,32H2,1-4H3/t24?,25?,26-,29?,30?,31?/m0/s1. The average molecular weight is 496 g/mol. The molecule has 194 valence electrons. The first kappa shape index (κ1) is 25.7. The predicted molar refractivity (Wildman–Crippen MR) is 152 cm³/mol. The Morgan fingerprint density at radius 1 is 1.06 bits per heavy atom. The number of rotatable bonds is 8. The minimum Gasteiger partial charge on any atom is -0.365 e. The smallest absolute Gasteiger partial charge is 0.0842 e. The number of nitrogens with one attached hydrogen (secondary N) is 1. The molecule has 3 atom stereocenters. The Balaban J connectivity index is 1.48. The van der Waals surface area contributed by atoms with Gasteiger partial charge in [-0.15, -0.1) is 0 Å². The second-order valence-corrected chi connectivity index (χ2v) is 13.9. The van der Waals surface area contributed by atoms with Crippen LogP contribution in [-0.4, -0.2) is 42.1 Å². The highest BCUT2D eigenvalue weighted by Crippen LogP contribution is 2.73. The van der Waals surface area contributed by atoms with Crippen LogP contribution in [0.4, 0.5) is 0 Å². The van der Waals surface area contributed by atoms with Crippen molar-refractivity contribution in [1.29, 1.82) is 0 Å². The maximum Gasteiger partial charge on any atom is 0.0842 e. The van der Waals surface area contributed by atoms with Crippen LogP contribution < -0.4 is 11.1 Å². The predicted octanol–water partition coefficient (Wildman–Crippen LogP) is 6.31. The summed E-state index contributed by atoms with van der Waals surface area (Å²) in [7, 11) is 0. The summed E-state index contributed by atoms with van der Waals surface area (Å²) in [4.78, 5) is 3.89. The fourth-order valence-corrected chi connectivity index (χ4v) is 9.72. The zero-order valence-electron chi connectivity index (χ0n) is 22.7. The van der Waals surface area contributed by atoms with E-state index in [2.05, 4.69) is 68.2 Å². The number of hydrogen-bond donors (Lipinski definition) is 2. The molecule has 4 saturated carbocycles. The molecule has 0 amide bonds. The number of hydrogen-bond acceptors (Lipinski definition) is 3. The highest BCUT2D eigenvalue weighted by Gasteiger charge is 2.67. The molecule has 1 aromatic rings. The van der Waals surface area contributed by atoms with Gasteiger partial charge in [-0.1, -0.05) is 70.2 Å². The molecule has 35 heavy (non-hydrogen) atoms. The fourth-order valence-electron chi connectivity index (χ4n) is 9.33. The van der Waals surface area contributed by atoms with Crippen molar-refractivity contribution in [3.05, 3.63) is 35.9 Å². The Kier molecular flexibility index (Phi) is 6.90. The number of thiocarbonyl (C=S) groups is 1. The van der Waals surface area contributed by atoms with Crippen LogP contribution in [0.1, 0.15) is 91.0 Å². The van der Waals surface area contributed by atoms with Gasteiger partial charge < -0.3 is 16.0 Å². The van der Waals surface area contributed by atoms with E-state index in [-0.39, 0.29) is 16.9 Å². The van der Waals surface area contributed by atoms with Crippen molar-refractivity contribution in [1.82, 2.24) is 10.2 Å². The first-order valence-electron chi connectivity index (χ1n) is 14.5. The molecule has 1 saturated heterocycles.